The number of benzene rings is 3. The molecule has 0 amide bonds. The lowest BCUT2D eigenvalue weighted by Crippen LogP contribution is -1.95. The molecule has 146 valence electrons. The lowest BCUT2D eigenvalue weighted by molar-refractivity contribution is -0.113. The Labute approximate surface area is 178 Å². The SMILES string of the molecule is CC(=O)/C(C)=C/C1=C(c2ccccc2)C(=C/c2ccccc2)/C=C1c1ccccc1. The van der Waals surface area contributed by atoms with Crippen molar-refractivity contribution < 1.29 is 4.79 Å². The van der Waals surface area contributed by atoms with Crippen LogP contribution in [0.15, 0.2) is 120 Å². The van der Waals surface area contributed by atoms with E-state index < -0.39 is 0 Å². The zero-order valence-corrected chi connectivity index (χ0v) is 17.3. The van der Waals surface area contributed by atoms with Crippen LogP contribution in [-0.2, 0) is 4.79 Å². The molecule has 0 saturated carbocycles. The molecule has 3 aromatic rings. The summed E-state index contributed by atoms with van der Waals surface area (Å²) < 4.78 is 0. The first-order valence-corrected chi connectivity index (χ1v) is 10.2. The number of carbonyl (C=O) groups is 1. The average molecular weight is 389 g/mol. The monoisotopic (exact) mass is 388 g/mol. The molecule has 4 rings (SSSR count). The Hall–Kier alpha value is -3.71. The quantitative estimate of drug-likeness (QED) is 0.424. The fourth-order valence-electron chi connectivity index (χ4n) is 3.69. The Kier molecular flexibility index (Phi) is 5.72. The van der Waals surface area contributed by atoms with Crippen LogP contribution in [0.25, 0.3) is 17.2 Å². The second kappa shape index (κ2) is 8.75. The van der Waals surface area contributed by atoms with Gasteiger partial charge >= 0.3 is 0 Å². The van der Waals surface area contributed by atoms with E-state index in [-0.39, 0.29) is 5.78 Å². The molecule has 0 radical (unpaired) electrons. The van der Waals surface area contributed by atoms with Gasteiger partial charge in [0.05, 0.1) is 0 Å². The van der Waals surface area contributed by atoms with Crippen LogP contribution >= 0.6 is 0 Å². The highest BCUT2D eigenvalue weighted by Crippen LogP contribution is 2.44. The molecule has 0 N–H and O–H groups in total. The normalized spacial score (nSPS) is 15.5. The maximum Gasteiger partial charge on any atom is 0.155 e. The van der Waals surface area contributed by atoms with Gasteiger partial charge in [-0.15, -0.1) is 0 Å². The zero-order valence-electron chi connectivity index (χ0n) is 17.3. The molecule has 0 fully saturated rings. The molecule has 1 nitrogen and oxygen atoms in total. The van der Waals surface area contributed by atoms with Crippen LogP contribution in [0.5, 0.6) is 0 Å². The second-order valence-electron chi connectivity index (χ2n) is 7.47. The topological polar surface area (TPSA) is 17.1 Å². The molecule has 0 atom stereocenters. The van der Waals surface area contributed by atoms with E-state index in [1.807, 2.05) is 31.2 Å². The van der Waals surface area contributed by atoms with Crippen molar-refractivity contribution in [3.63, 3.8) is 0 Å². The Morgan fingerprint density at radius 1 is 0.700 bits per heavy atom. The highest BCUT2D eigenvalue weighted by atomic mass is 16.1. The van der Waals surface area contributed by atoms with Gasteiger partial charge < -0.3 is 0 Å². The lowest BCUT2D eigenvalue weighted by atomic mass is 9.92. The predicted molar refractivity (Wildman–Crippen MR) is 127 cm³/mol. The maximum absolute atomic E-state index is 12.1. The molecule has 0 bridgehead atoms. The van der Waals surface area contributed by atoms with Gasteiger partial charge in [0, 0.05) is 0 Å². The molecule has 3 aromatic carbocycles. The fraction of sp³-hybridized carbons (Fsp3) is 0.0690. The van der Waals surface area contributed by atoms with Crippen molar-refractivity contribution in [3.05, 3.63) is 137 Å². The van der Waals surface area contributed by atoms with E-state index >= 15 is 0 Å². The van der Waals surface area contributed by atoms with Gasteiger partial charge in [-0.1, -0.05) is 91.0 Å². The van der Waals surface area contributed by atoms with Crippen molar-refractivity contribution in [1.82, 2.24) is 0 Å². The molecule has 1 aliphatic rings. The molecule has 30 heavy (non-hydrogen) atoms. The van der Waals surface area contributed by atoms with Crippen molar-refractivity contribution in [1.29, 1.82) is 0 Å². The minimum Gasteiger partial charge on any atom is -0.295 e. The number of hydrogen-bond donors (Lipinski definition) is 0. The smallest absolute Gasteiger partial charge is 0.155 e. The third-order valence-corrected chi connectivity index (χ3v) is 5.33. The number of carbonyl (C=O) groups excluding carboxylic acids is 1. The molecule has 0 heterocycles. The van der Waals surface area contributed by atoms with Gasteiger partial charge in [-0.2, -0.15) is 0 Å². The summed E-state index contributed by atoms with van der Waals surface area (Å²) in [4.78, 5) is 12.1. The summed E-state index contributed by atoms with van der Waals surface area (Å²) in [5, 5.41) is 0. The summed E-state index contributed by atoms with van der Waals surface area (Å²) in [6.45, 7) is 3.51. The van der Waals surface area contributed by atoms with Crippen LogP contribution in [-0.4, -0.2) is 5.78 Å². The van der Waals surface area contributed by atoms with E-state index in [1.165, 1.54) is 0 Å². The summed E-state index contributed by atoms with van der Waals surface area (Å²) in [6.07, 6.45) is 6.49. The van der Waals surface area contributed by atoms with E-state index in [4.69, 9.17) is 0 Å². The second-order valence-corrected chi connectivity index (χ2v) is 7.47. The number of rotatable bonds is 5. The van der Waals surface area contributed by atoms with Crippen LogP contribution in [0.1, 0.15) is 30.5 Å². The summed E-state index contributed by atoms with van der Waals surface area (Å²) in [5.41, 5.74) is 8.71. The predicted octanol–water partition coefficient (Wildman–Crippen LogP) is 7.16. The molecular weight excluding hydrogens is 364 g/mol. The van der Waals surface area contributed by atoms with Crippen molar-refractivity contribution in [2.75, 3.05) is 0 Å². The first-order chi connectivity index (χ1) is 14.6. The minimum atomic E-state index is 0.0859. The number of ketones is 1. The highest BCUT2D eigenvalue weighted by molar-refractivity contribution is 6.08. The number of Topliss-reactive ketones (excluding diaryl/α,β-unsaturated/α-hetero) is 1. The van der Waals surface area contributed by atoms with E-state index in [1.54, 1.807) is 6.92 Å². The van der Waals surface area contributed by atoms with Crippen LogP contribution in [0, 0.1) is 0 Å². The van der Waals surface area contributed by atoms with Crippen LogP contribution in [0.4, 0.5) is 0 Å². The van der Waals surface area contributed by atoms with Crippen molar-refractivity contribution in [2.45, 2.75) is 13.8 Å². The number of allylic oxidation sites excluding steroid dienone is 7. The Morgan fingerprint density at radius 2 is 1.23 bits per heavy atom. The molecule has 1 aliphatic carbocycles. The maximum atomic E-state index is 12.1. The van der Waals surface area contributed by atoms with E-state index in [0.717, 1.165) is 44.6 Å². The van der Waals surface area contributed by atoms with E-state index in [9.17, 15) is 4.79 Å². The van der Waals surface area contributed by atoms with Crippen molar-refractivity contribution >= 4 is 23.0 Å². The zero-order chi connectivity index (χ0) is 20.9. The lowest BCUT2D eigenvalue weighted by Gasteiger charge is -2.11. The van der Waals surface area contributed by atoms with Gasteiger partial charge in [-0.05, 0) is 76.6 Å². The van der Waals surface area contributed by atoms with Crippen molar-refractivity contribution in [3.8, 4) is 0 Å². The largest absolute Gasteiger partial charge is 0.295 e. The summed E-state index contributed by atoms with van der Waals surface area (Å²) in [6, 6.07) is 31.1. The van der Waals surface area contributed by atoms with Gasteiger partial charge in [-0.25, -0.2) is 0 Å². The summed E-state index contributed by atoms with van der Waals surface area (Å²) in [7, 11) is 0. The first-order valence-electron chi connectivity index (χ1n) is 10.2. The highest BCUT2D eigenvalue weighted by Gasteiger charge is 2.23. The Bertz CT molecular complexity index is 1170. The fourth-order valence-corrected chi connectivity index (χ4v) is 3.69. The van der Waals surface area contributed by atoms with Gasteiger partial charge in [0.1, 0.15) is 0 Å². The van der Waals surface area contributed by atoms with Gasteiger partial charge in [0.15, 0.2) is 5.78 Å². The summed E-state index contributed by atoms with van der Waals surface area (Å²) >= 11 is 0. The molecular formula is C29H24O. The van der Waals surface area contributed by atoms with Gasteiger partial charge in [0.25, 0.3) is 0 Å². The third-order valence-electron chi connectivity index (χ3n) is 5.33. The average Bonchev–Trinajstić information content (AvgIpc) is 3.13. The minimum absolute atomic E-state index is 0.0859. The molecule has 0 spiro atoms. The van der Waals surface area contributed by atoms with Crippen LogP contribution < -0.4 is 0 Å². The standard InChI is InChI=1S/C29H24O/c1-21(22(2)30)18-28-27(24-14-8-4-9-15-24)20-26(19-23-12-6-3-7-13-23)29(28)25-16-10-5-11-17-25/h3-20H,1-2H3/b21-18+,26-19+. The Balaban J connectivity index is 2.00. The first kappa shape index (κ1) is 19.6. The van der Waals surface area contributed by atoms with Gasteiger partial charge in [-0.3, -0.25) is 4.79 Å². The molecule has 0 unspecified atom stereocenters. The molecule has 0 aliphatic heterocycles. The molecule has 0 saturated heterocycles. The van der Waals surface area contributed by atoms with Crippen LogP contribution in [0.3, 0.4) is 0 Å². The van der Waals surface area contributed by atoms with Gasteiger partial charge in [0.2, 0.25) is 0 Å². The van der Waals surface area contributed by atoms with E-state index in [2.05, 4.69) is 84.9 Å². The molecule has 1 heteroatoms. The third kappa shape index (κ3) is 4.16. The Morgan fingerprint density at radius 3 is 1.80 bits per heavy atom. The number of hydrogen-bond acceptors (Lipinski definition) is 1. The van der Waals surface area contributed by atoms with E-state index in [0.29, 0.717) is 0 Å². The summed E-state index contributed by atoms with van der Waals surface area (Å²) in [5.74, 6) is 0.0859. The van der Waals surface area contributed by atoms with Crippen molar-refractivity contribution in [2.24, 2.45) is 0 Å². The van der Waals surface area contributed by atoms with Crippen LogP contribution in [0.2, 0.25) is 0 Å². The molecule has 0 aromatic heterocycles.